The predicted molar refractivity (Wildman–Crippen MR) is 75.9 cm³/mol. The van der Waals surface area contributed by atoms with Crippen molar-refractivity contribution in [2.75, 3.05) is 18.8 Å². The van der Waals surface area contributed by atoms with Crippen LogP contribution in [0.4, 0.5) is 10.1 Å². The third-order valence-electron chi connectivity index (χ3n) is 3.16. The quantitative estimate of drug-likeness (QED) is 0.713. The maximum atomic E-state index is 13.9. The molecule has 1 rings (SSSR count). The number of nitrogens with zero attached hydrogens (tertiary/aromatic N) is 1. The van der Waals surface area contributed by atoms with Crippen LogP contribution < -0.4 is 5.73 Å². The van der Waals surface area contributed by atoms with Crippen LogP contribution in [0.5, 0.6) is 0 Å². The second-order valence-electron chi connectivity index (χ2n) is 4.80. The maximum Gasteiger partial charge on any atom is 0.150 e. The van der Waals surface area contributed by atoms with Crippen molar-refractivity contribution >= 4 is 5.69 Å². The molecule has 2 nitrogen and oxygen atoms in total. The van der Waals surface area contributed by atoms with E-state index in [1.807, 2.05) is 12.1 Å². The molecule has 2 N–H and O–H groups in total. The van der Waals surface area contributed by atoms with Crippen LogP contribution in [0.3, 0.4) is 0 Å². The van der Waals surface area contributed by atoms with Gasteiger partial charge in [0.15, 0.2) is 5.82 Å². The van der Waals surface area contributed by atoms with E-state index in [0.717, 1.165) is 25.9 Å². The number of rotatable bonds is 8. The van der Waals surface area contributed by atoms with Gasteiger partial charge < -0.3 is 5.73 Å². The van der Waals surface area contributed by atoms with Gasteiger partial charge in [0.2, 0.25) is 0 Å². The zero-order valence-corrected chi connectivity index (χ0v) is 11.6. The van der Waals surface area contributed by atoms with Gasteiger partial charge in [-0.2, -0.15) is 0 Å². The van der Waals surface area contributed by atoms with E-state index in [1.165, 1.54) is 12.8 Å². The molecule has 0 aliphatic heterocycles. The molecule has 0 bridgehead atoms. The van der Waals surface area contributed by atoms with E-state index in [0.29, 0.717) is 12.1 Å². The summed E-state index contributed by atoms with van der Waals surface area (Å²) < 4.78 is 13.9. The Morgan fingerprint density at radius 2 is 1.72 bits per heavy atom. The van der Waals surface area contributed by atoms with Crippen LogP contribution in [0, 0.1) is 5.82 Å². The summed E-state index contributed by atoms with van der Waals surface area (Å²) in [4.78, 5) is 2.32. The van der Waals surface area contributed by atoms with E-state index >= 15 is 0 Å². The number of hydrogen-bond acceptors (Lipinski definition) is 2. The zero-order chi connectivity index (χ0) is 13.4. The third-order valence-corrected chi connectivity index (χ3v) is 3.16. The molecule has 0 unspecified atom stereocenters. The highest BCUT2D eigenvalue weighted by Gasteiger charge is 2.10. The lowest BCUT2D eigenvalue weighted by Crippen LogP contribution is -2.26. The first kappa shape index (κ1) is 15.0. The summed E-state index contributed by atoms with van der Waals surface area (Å²) in [5, 5.41) is 0. The average Bonchev–Trinajstić information content (AvgIpc) is 2.38. The molecule has 0 saturated heterocycles. The normalized spacial score (nSPS) is 11.1. The summed E-state index contributed by atoms with van der Waals surface area (Å²) in [5.41, 5.74) is 6.56. The van der Waals surface area contributed by atoms with Crippen molar-refractivity contribution in [1.29, 1.82) is 0 Å². The Kier molecular flexibility index (Phi) is 6.73. The van der Waals surface area contributed by atoms with E-state index in [-0.39, 0.29) is 11.5 Å². The Morgan fingerprint density at radius 3 is 2.28 bits per heavy atom. The first-order valence-corrected chi connectivity index (χ1v) is 6.94. The molecule has 0 spiro atoms. The molecule has 0 saturated carbocycles. The molecule has 0 aromatic heterocycles. The van der Waals surface area contributed by atoms with Crippen molar-refractivity contribution < 1.29 is 4.39 Å². The molecule has 1 aromatic carbocycles. The lowest BCUT2D eigenvalue weighted by molar-refractivity contribution is 0.254. The van der Waals surface area contributed by atoms with Crippen molar-refractivity contribution in [2.24, 2.45) is 0 Å². The molecule has 1 aromatic rings. The van der Waals surface area contributed by atoms with Gasteiger partial charge in [-0.15, -0.1) is 0 Å². The largest absolute Gasteiger partial charge is 0.396 e. The van der Waals surface area contributed by atoms with E-state index in [2.05, 4.69) is 18.7 Å². The molecule has 0 fully saturated rings. The topological polar surface area (TPSA) is 29.3 Å². The monoisotopic (exact) mass is 252 g/mol. The summed E-state index contributed by atoms with van der Waals surface area (Å²) >= 11 is 0. The number of nitrogens with two attached hydrogens (primary N) is 1. The van der Waals surface area contributed by atoms with Crippen LogP contribution in [-0.2, 0) is 6.54 Å². The fourth-order valence-corrected chi connectivity index (χ4v) is 2.00. The Bertz CT molecular complexity index is 344. The average molecular weight is 252 g/mol. The number of anilines is 1. The van der Waals surface area contributed by atoms with Gasteiger partial charge in [-0.1, -0.05) is 38.8 Å². The molecule has 0 amide bonds. The third kappa shape index (κ3) is 4.65. The minimum absolute atomic E-state index is 0.249. The lowest BCUT2D eigenvalue weighted by Gasteiger charge is -2.22. The molecule has 0 aliphatic rings. The molecule has 0 atom stereocenters. The number of unbranched alkanes of at least 4 members (excludes halogenated alkanes) is 2. The SMILES string of the molecule is CCCCN(CCCC)Cc1cccc(N)c1F. The van der Waals surface area contributed by atoms with Crippen LogP contribution in [0.2, 0.25) is 0 Å². The van der Waals surface area contributed by atoms with Crippen LogP contribution in [-0.4, -0.2) is 18.0 Å². The van der Waals surface area contributed by atoms with Crippen LogP contribution >= 0.6 is 0 Å². The molecule has 0 aliphatic carbocycles. The van der Waals surface area contributed by atoms with Gasteiger partial charge in [0.05, 0.1) is 5.69 Å². The summed E-state index contributed by atoms with van der Waals surface area (Å²) in [6.45, 7) is 7.09. The van der Waals surface area contributed by atoms with Gasteiger partial charge in [0.1, 0.15) is 0 Å². The van der Waals surface area contributed by atoms with Crippen LogP contribution in [0.25, 0.3) is 0 Å². The van der Waals surface area contributed by atoms with Gasteiger partial charge in [0, 0.05) is 12.1 Å². The van der Waals surface area contributed by atoms with Crippen LogP contribution in [0.1, 0.15) is 45.1 Å². The first-order valence-electron chi connectivity index (χ1n) is 6.94. The lowest BCUT2D eigenvalue weighted by atomic mass is 10.1. The highest BCUT2D eigenvalue weighted by atomic mass is 19.1. The number of benzene rings is 1. The van der Waals surface area contributed by atoms with Gasteiger partial charge in [-0.05, 0) is 32.0 Å². The van der Waals surface area contributed by atoms with Crippen molar-refractivity contribution in [3.8, 4) is 0 Å². The fraction of sp³-hybridized carbons (Fsp3) is 0.600. The smallest absolute Gasteiger partial charge is 0.150 e. The Morgan fingerprint density at radius 1 is 1.11 bits per heavy atom. The van der Waals surface area contributed by atoms with Gasteiger partial charge in [-0.3, -0.25) is 4.90 Å². The van der Waals surface area contributed by atoms with Crippen molar-refractivity contribution in [3.63, 3.8) is 0 Å². The highest BCUT2D eigenvalue weighted by molar-refractivity contribution is 5.42. The van der Waals surface area contributed by atoms with Crippen molar-refractivity contribution in [1.82, 2.24) is 4.90 Å². The van der Waals surface area contributed by atoms with E-state index < -0.39 is 0 Å². The summed E-state index contributed by atoms with van der Waals surface area (Å²) in [7, 11) is 0. The standard InChI is InChI=1S/C15H25FN2/c1-3-5-10-18(11-6-4-2)12-13-8-7-9-14(17)15(13)16/h7-9H,3-6,10-12,17H2,1-2H3. The highest BCUT2D eigenvalue weighted by Crippen LogP contribution is 2.17. The number of nitrogen functional groups attached to an aromatic ring is 1. The molecule has 102 valence electrons. The van der Waals surface area contributed by atoms with Crippen molar-refractivity contribution in [3.05, 3.63) is 29.6 Å². The molecule has 0 radical (unpaired) electrons. The Labute approximate surface area is 110 Å². The van der Waals surface area contributed by atoms with E-state index in [1.54, 1.807) is 6.07 Å². The van der Waals surface area contributed by atoms with E-state index in [4.69, 9.17) is 5.73 Å². The molecular weight excluding hydrogens is 227 g/mol. The zero-order valence-electron chi connectivity index (χ0n) is 11.6. The van der Waals surface area contributed by atoms with Gasteiger partial charge in [-0.25, -0.2) is 4.39 Å². The van der Waals surface area contributed by atoms with Crippen LogP contribution in [0.15, 0.2) is 18.2 Å². The number of halogens is 1. The molecule has 18 heavy (non-hydrogen) atoms. The minimum atomic E-state index is -0.254. The minimum Gasteiger partial charge on any atom is -0.396 e. The van der Waals surface area contributed by atoms with Gasteiger partial charge in [0.25, 0.3) is 0 Å². The number of hydrogen-bond donors (Lipinski definition) is 1. The fourth-order valence-electron chi connectivity index (χ4n) is 2.00. The second kappa shape index (κ2) is 8.09. The van der Waals surface area contributed by atoms with E-state index in [9.17, 15) is 4.39 Å². The maximum absolute atomic E-state index is 13.9. The summed E-state index contributed by atoms with van der Waals surface area (Å²) in [5.74, 6) is -0.254. The molecular formula is C15H25FN2. The molecule has 3 heteroatoms. The summed E-state index contributed by atoms with van der Waals surface area (Å²) in [6.07, 6.45) is 4.66. The predicted octanol–water partition coefficient (Wildman–Crippen LogP) is 3.81. The Hall–Kier alpha value is -1.09. The summed E-state index contributed by atoms with van der Waals surface area (Å²) in [6, 6.07) is 5.27. The van der Waals surface area contributed by atoms with Crippen molar-refractivity contribution in [2.45, 2.75) is 46.1 Å². The molecule has 0 heterocycles. The second-order valence-corrected chi connectivity index (χ2v) is 4.80. The van der Waals surface area contributed by atoms with Gasteiger partial charge >= 0.3 is 0 Å². The first-order chi connectivity index (χ1) is 8.69. The Balaban J connectivity index is 2.65.